The molecule has 0 saturated heterocycles. The van der Waals surface area contributed by atoms with E-state index in [4.69, 9.17) is 41.2 Å². The van der Waals surface area contributed by atoms with Crippen LogP contribution in [-0.2, 0) is 14.4 Å². The molecule has 0 aromatic heterocycles. The first kappa shape index (κ1) is 42.7. The van der Waals surface area contributed by atoms with Gasteiger partial charge in [0.15, 0.2) is 0 Å². The smallest absolute Gasteiger partial charge is 0.475 e. The lowest BCUT2D eigenvalue weighted by Gasteiger charge is -2.17. The number of hydrogen-bond acceptors (Lipinski definition) is 6. The van der Waals surface area contributed by atoms with Crippen LogP contribution < -0.4 is 16.8 Å². The van der Waals surface area contributed by atoms with Crippen molar-refractivity contribution in [3.05, 3.63) is 0 Å². The van der Waals surface area contributed by atoms with Crippen LogP contribution >= 0.6 is 0 Å². The largest absolute Gasteiger partial charge is 0.490 e. The number of nitrogens with one attached hydrogen (secondary N) is 1. The lowest BCUT2D eigenvalue weighted by molar-refractivity contribution is -0.193. The standard InChI is InChI=1S/C14H33N3.3C2HF3O2/c1-2-3-4-5-6-7-13-17-14(10-12-16)9-8-11-15;3*3-2(4,5)1(6)7/h14,17H,2-13,15-16H2,1H3;3*(H,6,7). The summed E-state index contributed by atoms with van der Waals surface area (Å²) in [5.74, 6) is -8.27. The van der Waals surface area contributed by atoms with Gasteiger partial charge in [-0.1, -0.05) is 39.0 Å². The van der Waals surface area contributed by atoms with Crippen LogP contribution in [0.5, 0.6) is 0 Å². The molecule has 8 N–H and O–H groups in total. The van der Waals surface area contributed by atoms with Crippen molar-refractivity contribution >= 4 is 17.9 Å². The minimum absolute atomic E-state index is 0.583. The zero-order chi connectivity index (χ0) is 31.0. The molecule has 0 aromatic carbocycles. The number of nitrogens with two attached hydrogens (primary N) is 2. The van der Waals surface area contributed by atoms with Crippen LogP contribution in [0.1, 0.15) is 64.7 Å². The van der Waals surface area contributed by atoms with E-state index in [2.05, 4.69) is 12.2 Å². The number of alkyl halides is 9. The summed E-state index contributed by atoms with van der Waals surface area (Å²) < 4.78 is 95.2. The van der Waals surface area contributed by atoms with Crippen LogP contribution in [0.3, 0.4) is 0 Å². The average molecular weight is 586 g/mol. The van der Waals surface area contributed by atoms with Crippen molar-refractivity contribution in [2.75, 3.05) is 19.6 Å². The molecule has 1 unspecified atom stereocenters. The Balaban J connectivity index is -0.000000228. The zero-order valence-corrected chi connectivity index (χ0v) is 20.7. The fourth-order valence-electron chi connectivity index (χ4n) is 2.13. The first-order valence-corrected chi connectivity index (χ1v) is 11.2. The summed E-state index contributed by atoms with van der Waals surface area (Å²) in [5, 5.41) is 25.0. The molecule has 0 fully saturated rings. The molecule has 0 aliphatic carbocycles. The lowest BCUT2D eigenvalue weighted by Crippen LogP contribution is -2.32. The first-order chi connectivity index (χ1) is 17.2. The minimum atomic E-state index is -5.08. The number of carbonyl (C=O) groups is 3. The number of aliphatic carboxylic acids is 3. The highest BCUT2D eigenvalue weighted by Crippen LogP contribution is 2.14. The Hall–Kier alpha value is -2.34. The topological polar surface area (TPSA) is 176 Å². The van der Waals surface area contributed by atoms with Gasteiger partial charge in [-0.25, -0.2) is 14.4 Å². The molecule has 0 aromatic rings. The Kier molecular flexibility index (Phi) is 26.7. The molecule has 0 spiro atoms. The Labute approximate surface area is 213 Å². The van der Waals surface area contributed by atoms with E-state index in [1.54, 1.807) is 0 Å². The van der Waals surface area contributed by atoms with Gasteiger partial charge < -0.3 is 32.1 Å². The van der Waals surface area contributed by atoms with Crippen LogP contribution in [0.4, 0.5) is 39.5 Å². The van der Waals surface area contributed by atoms with Crippen molar-refractivity contribution < 1.29 is 69.2 Å². The van der Waals surface area contributed by atoms with Gasteiger partial charge in [0.05, 0.1) is 0 Å². The van der Waals surface area contributed by atoms with Gasteiger partial charge in [0.1, 0.15) is 0 Å². The summed E-state index contributed by atoms with van der Waals surface area (Å²) in [7, 11) is 0. The average Bonchev–Trinajstić information content (AvgIpc) is 2.76. The third-order valence-corrected chi connectivity index (χ3v) is 3.96. The number of unbranched alkanes of at least 4 members (excludes halogenated alkanes) is 5. The summed E-state index contributed by atoms with van der Waals surface area (Å²) >= 11 is 0. The third-order valence-electron chi connectivity index (χ3n) is 3.96. The molecule has 0 amide bonds. The summed E-state index contributed by atoms with van der Waals surface area (Å²) in [6, 6.07) is 0.583. The van der Waals surface area contributed by atoms with Gasteiger partial charge in [0, 0.05) is 6.04 Å². The molecule has 18 heteroatoms. The van der Waals surface area contributed by atoms with Crippen molar-refractivity contribution in [2.24, 2.45) is 11.5 Å². The number of halogens is 9. The SMILES string of the molecule is CCCCCCCCNC(CCN)CCCN.O=C(O)C(F)(F)F.O=C(O)C(F)(F)F.O=C(O)C(F)(F)F. The summed E-state index contributed by atoms with van der Waals surface area (Å²) in [6.45, 7) is 4.97. The van der Waals surface area contributed by atoms with E-state index < -0.39 is 36.4 Å². The molecule has 1 atom stereocenters. The predicted octanol–water partition coefficient (Wildman–Crippen LogP) is 4.29. The predicted molar refractivity (Wildman–Crippen MR) is 118 cm³/mol. The van der Waals surface area contributed by atoms with Crippen molar-refractivity contribution in [1.82, 2.24) is 5.32 Å². The molecule has 9 nitrogen and oxygen atoms in total. The zero-order valence-electron chi connectivity index (χ0n) is 20.7. The van der Waals surface area contributed by atoms with Crippen LogP contribution in [-0.4, -0.2) is 77.4 Å². The van der Waals surface area contributed by atoms with Crippen LogP contribution in [0.25, 0.3) is 0 Å². The Morgan fingerprint density at radius 1 is 0.632 bits per heavy atom. The van der Waals surface area contributed by atoms with Gasteiger partial charge >= 0.3 is 36.4 Å². The van der Waals surface area contributed by atoms with E-state index in [-0.39, 0.29) is 0 Å². The molecule has 0 heterocycles. The third kappa shape index (κ3) is 35.8. The molecular formula is C20H36F9N3O6. The Bertz CT molecular complexity index is 559. The van der Waals surface area contributed by atoms with Crippen molar-refractivity contribution in [3.63, 3.8) is 0 Å². The van der Waals surface area contributed by atoms with Gasteiger partial charge in [0.2, 0.25) is 0 Å². The van der Waals surface area contributed by atoms with Crippen LogP contribution in [0, 0.1) is 0 Å². The highest BCUT2D eigenvalue weighted by Gasteiger charge is 2.39. The molecule has 230 valence electrons. The van der Waals surface area contributed by atoms with Crippen LogP contribution in [0.2, 0.25) is 0 Å². The normalized spacial score (nSPS) is 12.0. The first-order valence-electron chi connectivity index (χ1n) is 11.2. The lowest BCUT2D eigenvalue weighted by atomic mass is 10.1. The summed E-state index contributed by atoms with van der Waals surface area (Å²) in [6.07, 6.45) is -3.73. The number of rotatable bonds is 13. The molecular weight excluding hydrogens is 549 g/mol. The molecule has 0 radical (unpaired) electrons. The monoisotopic (exact) mass is 585 g/mol. The maximum Gasteiger partial charge on any atom is 0.490 e. The van der Waals surface area contributed by atoms with Gasteiger partial charge in [-0.15, -0.1) is 0 Å². The minimum Gasteiger partial charge on any atom is -0.475 e. The highest BCUT2D eigenvalue weighted by molar-refractivity contribution is 5.73. The fraction of sp³-hybridized carbons (Fsp3) is 0.850. The van der Waals surface area contributed by atoms with Gasteiger partial charge in [-0.2, -0.15) is 39.5 Å². The van der Waals surface area contributed by atoms with Gasteiger partial charge in [-0.3, -0.25) is 0 Å². The maximum absolute atomic E-state index is 10.6. The fourth-order valence-corrected chi connectivity index (χ4v) is 2.13. The van der Waals surface area contributed by atoms with Crippen molar-refractivity contribution in [1.29, 1.82) is 0 Å². The van der Waals surface area contributed by atoms with E-state index in [1.807, 2.05) is 0 Å². The van der Waals surface area contributed by atoms with E-state index in [0.29, 0.717) is 6.04 Å². The van der Waals surface area contributed by atoms with E-state index in [9.17, 15) is 39.5 Å². The quantitative estimate of drug-likeness (QED) is 0.136. The second kappa shape index (κ2) is 23.8. The summed E-state index contributed by atoms with van der Waals surface area (Å²) in [4.78, 5) is 26.7. The van der Waals surface area contributed by atoms with Crippen molar-refractivity contribution in [2.45, 2.75) is 89.3 Å². The highest BCUT2D eigenvalue weighted by atomic mass is 19.4. The maximum atomic E-state index is 10.6. The molecule has 38 heavy (non-hydrogen) atoms. The van der Waals surface area contributed by atoms with Gasteiger partial charge in [-0.05, 0) is 45.3 Å². The van der Waals surface area contributed by atoms with Gasteiger partial charge in [0.25, 0.3) is 0 Å². The molecule has 0 rings (SSSR count). The number of carboxylic acid groups (broad SMARTS) is 3. The van der Waals surface area contributed by atoms with E-state index in [0.717, 1.165) is 32.5 Å². The molecule has 0 bridgehead atoms. The van der Waals surface area contributed by atoms with Crippen molar-refractivity contribution in [3.8, 4) is 0 Å². The Morgan fingerprint density at radius 3 is 1.26 bits per heavy atom. The van der Waals surface area contributed by atoms with E-state index in [1.165, 1.54) is 44.9 Å². The summed E-state index contributed by atoms with van der Waals surface area (Å²) in [5.41, 5.74) is 11.2. The Morgan fingerprint density at radius 2 is 0.974 bits per heavy atom. The van der Waals surface area contributed by atoms with Crippen LogP contribution in [0.15, 0.2) is 0 Å². The molecule has 0 aliphatic heterocycles. The number of carboxylic acids is 3. The molecule has 0 aliphatic rings. The second-order valence-electron chi connectivity index (χ2n) is 7.34. The second-order valence-corrected chi connectivity index (χ2v) is 7.34. The number of hydrogen-bond donors (Lipinski definition) is 6. The van der Waals surface area contributed by atoms with E-state index >= 15 is 0 Å². The molecule has 0 saturated carbocycles.